The highest BCUT2D eigenvalue weighted by Gasteiger charge is 2.05. The average molecular weight is 200 g/mol. The Morgan fingerprint density at radius 3 is 2.77 bits per heavy atom. The molecule has 70 valence electrons. The van der Waals surface area contributed by atoms with Crippen LogP contribution in [-0.4, -0.2) is 6.54 Å². The molecule has 0 aliphatic rings. The van der Waals surface area contributed by atoms with Gasteiger partial charge in [0.1, 0.15) is 5.82 Å². The van der Waals surface area contributed by atoms with E-state index in [0.717, 1.165) is 0 Å². The summed E-state index contributed by atoms with van der Waals surface area (Å²) in [6.07, 6.45) is 0.596. The van der Waals surface area contributed by atoms with Gasteiger partial charge in [0, 0.05) is 10.6 Å². The molecule has 0 atom stereocenters. The molecule has 1 aromatic rings. The van der Waals surface area contributed by atoms with Crippen molar-refractivity contribution in [3.8, 4) is 0 Å². The Bertz CT molecular complexity index is 323. The number of rotatable bonds is 3. The molecule has 0 radical (unpaired) electrons. The van der Waals surface area contributed by atoms with E-state index in [9.17, 15) is 4.39 Å². The van der Waals surface area contributed by atoms with Crippen LogP contribution in [0.1, 0.15) is 12.0 Å². The molecule has 0 fully saturated rings. The summed E-state index contributed by atoms with van der Waals surface area (Å²) in [7, 11) is 0. The van der Waals surface area contributed by atoms with Crippen LogP contribution in [-0.2, 0) is 0 Å². The third-order valence-electron chi connectivity index (χ3n) is 1.76. The van der Waals surface area contributed by atoms with Crippen molar-refractivity contribution in [2.45, 2.75) is 6.42 Å². The molecule has 0 saturated carbocycles. The maximum atomic E-state index is 13.2. The molecule has 0 aliphatic carbocycles. The van der Waals surface area contributed by atoms with Crippen molar-refractivity contribution < 1.29 is 4.39 Å². The molecule has 1 aromatic carbocycles. The van der Waals surface area contributed by atoms with Crippen molar-refractivity contribution in [3.05, 3.63) is 41.2 Å². The van der Waals surface area contributed by atoms with E-state index >= 15 is 0 Å². The minimum absolute atomic E-state index is 0.342. The predicted molar refractivity (Wildman–Crippen MR) is 54.1 cm³/mol. The Morgan fingerprint density at radius 2 is 2.23 bits per heavy atom. The second-order valence-electron chi connectivity index (χ2n) is 2.77. The second kappa shape index (κ2) is 4.40. The van der Waals surface area contributed by atoms with Crippen LogP contribution in [0.15, 0.2) is 24.8 Å². The first-order valence-electron chi connectivity index (χ1n) is 3.98. The Morgan fingerprint density at radius 1 is 1.54 bits per heavy atom. The van der Waals surface area contributed by atoms with Crippen LogP contribution in [0.5, 0.6) is 0 Å². The van der Waals surface area contributed by atoms with Crippen LogP contribution in [0.3, 0.4) is 0 Å². The molecule has 0 amide bonds. The lowest BCUT2D eigenvalue weighted by Crippen LogP contribution is -2.00. The standard InChI is InChI=1S/C10H11ClFN/c1-7(4-5-13)9-3-2-8(11)6-10(9)12/h2-3,6H,1,4-5,13H2. The van der Waals surface area contributed by atoms with Crippen molar-refractivity contribution in [3.63, 3.8) is 0 Å². The summed E-state index contributed by atoms with van der Waals surface area (Å²) in [6.45, 7) is 4.22. The highest BCUT2D eigenvalue weighted by atomic mass is 35.5. The lowest BCUT2D eigenvalue weighted by molar-refractivity contribution is 0.623. The molecule has 13 heavy (non-hydrogen) atoms. The van der Waals surface area contributed by atoms with Crippen molar-refractivity contribution in [2.75, 3.05) is 6.54 Å². The number of hydrogen-bond acceptors (Lipinski definition) is 1. The zero-order valence-electron chi connectivity index (χ0n) is 7.19. The second-order valence-corrected chi connectivity index (χ2v) is 3.20. The molecule has 0 bridgehead atoms. The molecule has 1 rings (SSSR count). The molecule has 0 aromatic heterocycles. The van der Waals surface area contributed by atoms with Gasteiger partial charge in [-0.2, -0.15) is 0 Å². The van der Waals surface area contributed by atoms with E-state index in [1.165, 1.54) is 6.07 Å². The molecule has 0 unspecified atom stereocenters. The number of hydrogen-bond donors (Lipinski definition) is 1. The minimum atomic E-state index is -0.342. The Balaban J connectivity index is 2.95. The zero-order valence-corrected chi connectivity index (χ0v) is 7.94. The summed E-state index contributed by atoms with van der Waals surface area (Å²) in [5, 5.41) is 0.391. The first-order chi connectivity index (χ1) is 6.15. The van der Waals surface area contributed by atoms with Gasteiger partial charge in [-0.3, -0.25) is 0 Å². The Labute approximate surface area is 82.0 Å². The smallest absolute Gasteiger partial charge is 0.132 e. The van der Waals surface area contributed by atoms with Crippen molar-refractivity contribution in [2.24, 2.45) is 5.73 Å². The van der Waals surface area contributed by atoms with E-state index in [-0.39, 0.29) is 5.82 Å². The molecule has 0 aliphatic heterocycles. The SMILES string of the molecule is C=C(CCN)c1ccc(Cl)cc1F. The van der Waals surface area contributed by atoms with E-state index in [0.29, 0.717) is 29.1 Å². The third-order valence-corrected chi connectivity index (χ3v) is 1.99. The van der Waals surface area contributed by atoms with Crippen molar-refractivity contribution in [1.29, 1.82) is 0 Å². The van der Waals surface area contributed by atoms with Gasteiger partial charge < -0.3 is 5.73 Å². The highest BCUT2D eigenvalue weighted by Crippen LogP contribution is 2.22. The van der Waals surface area contributed by atoms with E-state index in [1.807, 2.05) is 0 Å². The van der Waals surface area contributed by atoms with E-state index in [1.54, 1.807) is 12.1 Å². The van der Waals surface area contributed by atoms with Crippen molar-refractivity contribution >= 4 is 17.2 Å². The topological polar surface area (TPSA) is 26.0 Å². The lowest BCUT2D eigenvalue weighted by atomic mass is 10.0. The van der Waals surface area contributed by atoms with Crippen molar-refractivity contribution in [1.82, 2.24) is 0 Å². The van der Waals surface area contributed by atoms with E-state index in [4.69, 9.17) is 17.3 Å². The minimum Gasteiger partial charge on any atom is -0.330 e. The highest BCUT2D eigenvalue weighted by molar-refractivity contribution is 6.30. The van der Waals surface area contributed by atoms with Gasteiger partial charge in [0.25, 0.3) is 0 Å². The summed E-state index contributed by atoms with van der Waals surface area (Å²) in [5.41, 5.74) is 6.54. The van der Waals surface area contributed by atoms with Gasteiger partial charge >= 0.3 is 0 Å². The van der Waals surface area contributed by atoms with Crippen LogP contribution >= 0.6 is 11.6 Å². The molecule has 3 heteroatoms. The largest absolute Gasteiger partial charge is 0.330 e. The molecule has 0 heterocycles. The summed E-state index contributed by atoms with van der Waals surface area (Å²) in [4.78, 5) is 0. The molecular formula is C10H11ClFN. The molecule has 0 saturated heterocycles. The first-order valence-corrected chi connectivity index (χ1v) is 4.36. The fraction of sp³-hybridized carbons (Fsp3) is 0.200. The normalized spacial score (nSPS) is 10.1. The maximum absolute atomic E-state index is 13.2. The van der Waals surface area contributed by atoms with E-state index in [2.05, 4.69) is 6.58 Å². The van der Waals surface area contributed by atoms with Gasteiger partial charge in [0.2, 0.25) is 0 Å². The summed E-state index contributed by atoms with van der Waals surface area (Å²) >= 11 is 5.60. The van der Waals surface area contributed by atoms with E-state index < -0.39 is 0 Å². The fourth-order valence-electron chi connectivity index (χ4n) is 1.09. The Kier molecular flexibility index (Phi) is 3.46. The van der Waals surface area contributed by atoms with Crippen LogP contribution in [0.4, 0.5) is 4.39 Å². The third kappa shape index (κ3) is 2.54. The summed E-state index contributed by atoms with van der Waals surface area (Å²) < 4.78 is 13.2. The summed E-state index contributed by atoms with van der Waals surface area (Å²) in [6, 6.07) is 4.54. The molecule has 2 N–H and O–H groups in total. The average Bonchev–Trinajstić information content (AvgIpc) is 2.04. The van der Waals surface area contributed by atoms with Gasteiger partial charge in [-0.15, -0.1) is 0 Å². The number of halogens is 2. The van der Waals surface area contributed by atoms with Gasteiger partial charge in [-0.1, -0.05) is 24.2 Å². The molecule has 0 spiro atoms. The number of benzene rings is 1. The number of nitrogens with two attached hydrogens (primary N) is 1. The Hall–Kier alpha value is -0.860. The lowest BCUT2D eigenvalue weighted by Gasteiger charge is -2.05. The first kappa shape index (κ1) is 10.2. The zero-order chi connectivity index (χ0) is 9.84. The molecular weight excluding hydrogens is 189 g/mol. The van der Waals surface area contributed by atoms with Crippen LogP contribution in [0.2, 0.25) is 5.02 Å². The van der Waals surface area contributed by atoms with Gasteiger partial charge in [0.15, 0.2) is 0 Å². The predicted octanol–water partition coefficient (Wildman–Crippen LogP) is 2.84. The van der Waals surface area contributed by atoms with Crippen LogP contribution < -0.4 is 5.73 Å². The maximum Gasteiger partial charge on any atom is 0.132 e. The van der Waals surface area contributed by atoms with Crippen LogP contribution in [0, 0.1) is 5.82 Å². The molecule has 1 nitrogen and oxygen atoms in total. The monoisotopic (exact) mass is 199 g/mol. The van der Waals surface area contributed by atoms with Gasteiger partial charge in [-0.05, 0) is 30.7 Å². The quantitative estimate of drug-likeness (QED) is 0.796. The van der Waals surface area contributed by atoms with Gasteiger partial charge in [-0.25, -0.2) is 4.39 Å². The fourth-order valence-corrected chi connectivity index (χ4v) is 1.24. The summed E-state index contributed by atoms with van der Waals surface area (Å²) in [5.74, 6) is -0.342. The van der Waals surface area contributed by atoms with Gasteiger partial charge in [0.05, 0.1) is 0 Å². The van der Waals surface area contributed by atoms with Crippen LogP contribution in [0.25, 0.3) is 5.57 Å².